The van der Waals surface area contributed by atoms with Crippen LogP contribution in [0.4, 0.5) is 0 Å². The molecule has 0 spiro atoms. The summed E-state index contributed by atoms with van der Waals surface area (Å²) in [6, 6.07) is 0. The average molecular weight is 101 g/mol. The van der Waals surface area contributed by atoms with Crippen molar-refractivity contribution < 1.29 is 9.68 Å². The van der Waals surface area contributed by atoms with Crippen LogP contribution in [0.15, 0.2) is 12.3 Å². The molecule has 0 amide bonds. The van der Waals surface area contributed by atoms with Gasteiger partial charge in [-0.2, -0.15) is 0 Å². The summed E-state index contributed by atoms with van der Waals surface area (Å²) in [5.74, 6) is 0. The molecule has 3 nitrogen and oxygen atoms in total. The number of rotatable bonds is 1. The van der Waals surface area contributed by atoms with Gasteiger partial charge in [0, 0.05) is 0 Å². The van der Waals surface area contributed by atoms with E-state index < -0.39 is 0 Å². The minimum Gasteiger partial charge on any atom is -0.388 e. The fraction of sp³-hybridized carbons (Fsp3) is 0.500. The summed E-state index contributed by atoms with van der Waals surface area (Å²) in [6.07, 6.45) is 3.45. The summed E-state index contributed by atoms with van der Waals surface area (Å²) in [6.45, 7) is 0.719. The SMILES string of the molecule is CON1CC=CO1. The van der Waals surface area contributed by atoms with Crippen LogP contribution >= 0.6 is 0 Å². The second-order valence-electron chi connectivity index (χ2n) is 1.18. The zero-order chi connectivity index (χ0) is 5.11. The number of hydrogen-bond acceptors (Lipinski definition) is 3. The Labute approximate surface area is 42.0 Å². The van der Waals surface area contributed by atoms with Crippen LogP contribution in [0.3, 0.4) is 0 Å². The zero-order valence-corrected chi connectivity index (χ0v) is 4.13. The van der Waals surface area contributed by atoms with Gasteiger partial charge in [0.25, 0.3) is 0 Å². The second-order valence-corrected chi connectivity index (χ2v) is 1.18. The van der Waals surface area contributed by atoms with Crippen LogP contribution in [0.2, 0.25) is 0 Å². The molecule has 0 aromatic rings. The standard InChI is InChI=1S/C4H7NO2/c1-6-5-3-2-4-7-5/h2,4H,3H2,1H3. The maximum Gasteiger partial charge on any atom is 0.112 e. The predicted octanol–water partition coefficient (Wildman–Crippen LogP) is 0.309. The molecule has 0 aromatic carbocycles. The fourth-order valence-corrected chi connectivity index (χ4v) is 0.401. The number of hydroxylamine groups is 2. The molecule has 0 saturated carbocycles. The molecule has 40 valence electrons. The lowest BCUT2D eigenvalue weighted by Gasteiger charge is -2.07. The Morgan fingerprint density at radius 1 is 1.86 bits per heavy atom. The third-order valence-corrected chi connectivity index (χ3v) is 0.733. The minimum absolute atomic E-state index is 0.719. The van der Waals surface area contributed by atoms with Crippen LogP contribution in [0.1, 0.15) is 0 Å². The maximum atomic E-state index is 4.73. The van der Waals surface area contributed by atoms with Crippen LogP contribution in [0.25, 0.3) is 0 Å². The molecule has 0 bridgehead atoms. The van der Waals surface area contributed by atoms with Gasteiger partial charge < -0.3 is 4.84 Å². The molecular weight excluding hydrogens is 94.0 g/mol. The molecule has 7 heavy (non-hydrogen) atoms. The van der Waals surface area contributed by atoms with Crippen molar-refractivity contribution in [2.45, 2.75) is 0 Å². The maximum absolute atomic E-state index is 4.73. The normalized spacial score (nSPS) is 20.1. The molecule has 1 rings (SSSR count). The highest BCUT2D eigenvalue weighted by atomic mass is 16.9. The van der Waals surface area contributed by atoms with E-state index in [1.165, 1.54) is 5.23 Å². The minimum atomic E-state index is 0.719. The van der Waals surface area contributed by atoms with Gasteiger partial charge in [-0.25, -0.2) is 0 Å². The highest BCUT2D eigenvalue weighted by Gasteiger charge is 2.02. The smallest absolute Gasteiger partial charge is 0.112 e. The highest BCUT2D eigenvalue weighted by molar-refractivity contribution is 4.78. The van der Waals surface area contributed by atoms with Gasteiger partial charge in [-0.05, 0) is 11.3 Å². The van der Waals surface area contributed by atoms with Gasteiger partial charge >= 0.3 is 0 Å². The summed E-state index contributed by atoms with van der Waals surface area (Å²) in [5, 5.41) is 1.38. The first-order valence-corrected chi connectivity index (χ1v) is 2.07. The zero-order valence-electron chi connectivity index (χ0n) is 4.13. The van der Waals surface area contributed by atoms with Crippen molar-refractivity contribution in [3.8, 4) is 0 Å². The van der Waals surface area contributed by atoms with Crippen molar-refractivity contribution in [2.24, 2.45) is 0 Å². The average Bonchev–Trinajstić information content (AvgIpc) is 2.14. The molecule has 0 saturated heterocycles. The topological polar surface area (TPSA) is 21.7 Å². The summed E-state index contributed by atoms with van der Waals surface area (Å²) in [5.41, 5.74) is 0. The first kappa shape index (κ1) is 4.61. The van der Waals surface area contributed by atoms with Crippen molar-refractivity contribution in [1.82, 2.24) is 5.23 Å². The third kappa shape index (κ3) is 0.913. The Bertz CT molecular complexity index is 73.8. The van der Waals surface area contributed by atoms with Gasteiger partial charge in [0.2, 0.25) is 0 Å². The molecule has 3 heteroatoms. The van der Waals surface area contributed by atoms with E-state index in [-0.39, 0.29) is 0 Å². The second kappa shape index (κ2) is 1.95. The fourth-order valence-electron chi connectivity index (χ4n) is 0.401. The molecule has 0 fully saturated rings. The van der Waals surface area contributed by atoms with E-state index in [1.54, 1.807) is 13.4 Å². The van der Waals surface area contributed by atoms with Gasteiger partial charge in [0.1, 0.15) is 6.26 Å². The van der Waals surface area contributed by atoms with Crippen LogP contribution in [-0.2, 0) is 9.68 Å². The van der Waals surface area contributed by atoms with Crippen molar-refractivity contribution in [2.75, 3.05) is 13.7 Å². The van der Waals surface area contributed by atoms with Gasteiger partial charge in [-0.15, -0.1) is 0 Å². The van der Waals surface area contributed by atoms with Crippen molar-refractivity contribution in [3.05, 3.63) is 12.3 Å². The molecule has 0 radical (unpaired) electrons. The highest BCUT2D eigenvalue weighted by Crippen LogP contribution is 1.98. The molecule has 0 N–H and O–H groups in total. The largest absolute Gasteiger partial charge is 0.388 e. The summed E-state index contributed by atoms with van der Waals surface area (Å²) in [4.78, 5) is 9.39. The molecule has 1 heterocycles. The third-order valence-electron chi connectivity index (χ3n) is 0.733. The van der Waals surface area contributed by atoms with Gasteiger partial charge in [-0.3, -0.25) is 4.84 Å². The summed E-state index contributed by atoms with van der Waals surface area (Å²) >= 11 is 0. The summed E-state index contributed by atoms with van der Waals surface area (Å²) < 4.78 is 0. The Morgan fingerprint density at radius 2 is 2.71 bits per heavy atom. The molecule has 1 aliphatic heterocycles. The summed E-state index contributed by atoms with van der Waals surface area (Å²) in [7, 11) is 1.56. The molecule has 0 atom stereocenters. The molecule has 0 aromatic heterocycles. The Kier molecular flexibility index (Phi) is 1.29. The van der Waals surface area contributed by atoms with Gasteiger partial charge in [-0.1, -0.05) is 0 Å². The Balaban J connectivity index is 2.22. The molecule has 0 unspecified atom stereocenters. The van der Waals surface area contributed by atoms with E-state index in [1.807, 2.05) is 6.08 Å². The number of hydrogen-bond donors (Lipinski definition) is 0. The van der Waals surface area contributed by atoms with E-state index in [0.717, 1.165) is 6.54 Å². The van der Waals surface area contributed by atoms with E-state index in [2.05, 4.69) is 4.84 Å². The monoisotopic (exact) mass is 101 g/mol. The molecule has 1 aliphatic rings. The van der Waals surface area contributed by atoms with Gasteiger partial charge in [0.05, 0.1) is 13.7 Å². The lowest BCUT2D eigenvalue weighted by molar-refractivity contribution is -0.310. The van der Waals surface area contributed by atoms with E-state index in [9.17, 15) is 0 Å². The lowest BCUT2D eigenvalue weighted by Crippen LogP contribution is -2.15. The quantitative estimate of drug-likeness (QED) is 0.474. The number of nitrogens with zero attached hydrogens (tertiary/aromatic N) is 1. The molecule has 0 aliphatic carbocycles. The van der Waals surface area contributed by atoms with Crippen LogP contribution in [-0.4, -0.2) is 18.9 Å². The van der Waals surface area contributed by atoms with Crippen molar-refractivity contribution in [1.29, 1.82) is 0 Å². The van der Waals surface area contributed by atoms with Gasteiger partial charge in [0.15, 0.2) is 0 Å². The van der Waals surface area contributed by atoms with Crippen LogP contribution in [0.5, 0.6) is 0 Å². The van der Waals surface area contributed by atoms with E-state index in [4.69, 9.17) is 4.84 Å². The van der Waals surface area contributed by atoms with E-state index in [0.29, 0.717) is 0 Å². The predicted molar refractivity (Wildman–Crippen MR) is 23.9 cm³/mol. The first-order valence-electron chi connectivity index (χ1n) is 2.07. The first-order chi connectivity index (χ1) is 3.43. The van der Waals surface area contributed by atoms with Crippen LogP contribution in [0, 0.1) is 0 Å². The Morgan fingerprint density at radius 3 is 3.00 bits per heavy atom. The van der Waals surface area contributed by atoms with E-state index >= 15 is 0 Å². The van der Waals surface area contributed by atoms with Crippen molar-refractivity contribution in [3.63, 3.8) is 0 Å². The molecular formula is C4H7NO2. The Hall–Kier alpha value is -0.540. The van der Waals surface area contributed by atoms with Crippen molar-refractivity contribution >= 4 is 0 Å². The lowest BCUT2D eigenvalue weighted by atomic mass is 10.7. The van der Waals surface area contributed by atoms with Crippen LogP contribution < -0.4 is 0 Å².